The van der Waals surface area contributed by atoms with Crippen molar-refractivity contribution >= 4 is 5.91 Å². The lowest BCUT2D eigenvalue weighted by Gasteiger charge is -2.45. The van der Waals surface area contributed by atoms with Crippen LogP contribution in [0.25, 0.3) is 0 Å². The minimum atomic E-state index is 0.106. The number of benzene rings is 1. The highest BCUT2D eigenvalue weighted by Gasteiger charge is 2.36. The average Bonchev–Trinajstić information content (AvgIpc) is 3.08. The Balaban J connectivity index is 1.60. The maximum absolute atomic E-state index is 12.6. The smallest absolute Gasteiger partial charge is 0.228 e. The number of amides is 1. The highest BCUT2D eigenvalue weighted by Crippen LogP contribution is 2.27. The molecule has 1 fully saturated rings. The molecule has 1 amide bonds. The van der Waals surface area contributed by atoms with Gasteiger partial charge in [-0.3, -0.25) is 9.69 Å². The van der Waals surface area contributed by atoms with Gasteiger partial charge in [-0.15, -0.1) is 0 Å². The van der Waals surface area contributed by atoms with Gasteiger partial charge in [0.2, 0.25) is 5.91 Å². The van der Waals surface area contributed by atoms with Gasteiger partial charge in [0.25, 0.3) is 0 Å². The van der Waals surface area contributed by atoms with Crippen LogP contribution < -0.4 is 0 Å². The number of aromatic nitrogens is 1. The summed E-state index contributed by atoms with van der Waals surface area (Å²) < 4.78 is 4.83. The minimum Gasteiger partial charge on any atom is -0.364 e. The van der Waals surface area contributed by atoms with Gasteiger partial charge in [-0.25, -0.2) is 0 Å². The van der Waals surface area contributed by atoms with E-state index >= 15 is 0 Å². The fraction of sp³-hybridized carbons (Fsp3) is 0.500. The van der Waals surface area contributed by atoms with Gasteiger partial charge in [0.1, 0.15) is 6.26 Å². The van der Waals surface area contributed by atoms with E-state index in [4.69, 9.17) is 4.52 Å². The summed E-state index contributed by atoms with van der Waals surface area (Å²) in [4.78, 5) is 17.0. The molecule has 25 heavy (non-hydrogen) atoms. The lowest BCUT2D eigenvalue weighted by molar-refractivity contribution is -0.135. The molecule has 1 aromatic carbocycles. The number of likely N-dealkylation sites (N-methyl/N-ethyl adjacent to an activating group) is 1. The molecule has 0 bridgehead atoms. The van der Waals surface area contributed by atoms with Crippen LogP contribution in [0.1, 0.15) is 25.1 Å². The lowest BCUT2D eigenvalue weighted by Crippen LogP contribution is -2.55. The van der Waals surface area contributed by atoms with Crippen LogP contribution in [-0.4, -0.2) is 47.0 Å². The Kier molecular flexibility index (Phi) is 5.53. The molecule has 3 atom stereocenters. The van der Waals surface area contributed by atoms with E-state index in [1.807, 2.05) is 11.9 Å². The molecule has 5 nitrogen and oxygen atoms in total. The highest BCUT2D eigenvalue weighted by molar-refractivity contribution is 5.78. The molecular formula is C20H27N3O2. The third kappa shape index (κ3) is 4.28. The van der Waals surface area contributed by atoms with Crippen molar-refractivity contribution in [2.24, 2.45) is 11.8 Å². The second-order valence-electron chi connectivity index (χ2n) is 7.30. The molecule has 0 radical (unpaired) electrons. The molecule has 1 aliphatic rings. The zero-order chi connectivity index (χ0) is 17.8. The fourth-order valence-corrected chi connectivity index (χ4v) is 4.17. The minimum absolute atomic E-state index is 0.106. The SMILES string of the molecule is C[C@@H]1CN(Cc2ccccc2)C[C@H](C)C1N(C)C(=O)Cc1ccon1. The van der Waals surface area contributed by atoms with Gasteiger partial charge in [-0.2, -0.15) is 0 Å². The van der Waals surface area contributed by atoms with Crippen LogP contribution in [0, 0.1) is 11.8 Å². The summed E-state index contributed by atoms with van der Waals surface area (Å²) in [6.45, 7) is 7.48. The molecule has 2 aromatic rings. The summed E-state index contributed by atoms with van der Waals surface area (Å²) in [6.07, 6.45) is 1.81. The summed E-state index contributed by atoms with van der Waals surface area (Å²) in [7, 11) is 1.92. The normalized spacial score (nSPS) is 24.2. The van der Waals surface area contributed by atoms with Gasteiger partial charge >= 0.3 is 0 Å². The monoisotopic (exact) mass is 341 g/mol. The molecule has 3 rings (SSSR count). The van der Waals surface area contributed by atoms with E-state index in [-0.39, 0.29) is 11.9 Å². The van der Waals surface area contributed by atoms with E-state index in [2.05, 4.69) is 54.2 Å². The Hall–Kier alpha value is -2.14. The fourth-order valence-electron chi connectivity index (χ4n) is 4.17. The van der Waals surface area contributed by atoms with Crippen molar-refractivity contribution in [1.82, 2.24) is 15.0 Å². The number of rotatable bonds is 5. The first-order valence-corrected chi connectivity index (χ1v) is 8.95. The van der Waals surface area contributed by atoms with E-state index in [0.29, 0.717) is 24.0 Å². The molecule has 134 valence electrons. The van der Waals surface area contributed by atoms with Crippen LogP contribution in [0.2, 0.25) is 0 Å². The van der Waals surface area contributed by atoms with E-state index in [1.165, 1.54) is 11.8 Å². The highest BCUT2D eigenvalue weighted by atomic mass is 16.5. The topological polar surface area (TPSA) is 49.6 Å². The molecule has 0 aliphatic carbocycles. The first-order valence-electron chi connectivity index (χ1n) is 8.95. The molecule has 0 spiro atoms. The zero-order valence-electron chi connectivity index (χ0n) is 15.3. The van der Waals surface area contributed by atoms with Crippen molar-refractivity contribution in [2.75, 3.05) is 20.1 Å². The molecule has 2 heterocycles. The molecule has 1 saturated heterocycles. The molecule has 1 aromatic heterocycles. The average molecular weight is 341 g/mol. The van der Waals surface area contributed by atoms with Gasteiger partial charge in [-0.1, -0.05) is 49.3 Å². The lowest BCUT2D eigenvalue weighted by atomic mass is 9.84. The largest absolute Gasteiger partial charge is 0.364 e. The van der Waals surface area contributed by atoms with Crippen molar-refractivity contribution in [3.63, 3.8) is 0 Å². The number of piperidine rings is 1. The number of hydrogen-bond donors (Lipinski definition) is 0. The first-order chi connectivity index (χ1) is 12.0. The number of carbonyl (C=O) groups excluding carboxylic acids is 1. The van der Waals surface area contributed by atoms with Crippen molar-refractivity contribution in [3.8, 4) is 0 Å². The van der Waals surface area contributed by atoms with Crippen LogP contribution in [0.15, 0.2) is 47.2 Å². The molecule has 1 aliphatic heterocycles. The zero-order valence-corrected chi connectivity index (χ0v) is 15.3. The Bertz CT molecular complexity index is 660. The summed E-state index contributed by atoms with van der Waals surface area (Å²) >= 11 is 0. The summed E-state index contributed by atoms with van der Waals surface area (Å²) in [5.41, 5.74) is 2.04. The molecule has 1 unspecified atom stereocenters. The Morgan fingerprint density at radius 1 is 1.20 bits per heavy atom. The van der Waals surface area contributed by atoms with Crippen molar-refractivity contribution in [1.29, 1.82) is 0 Å². The second kappa shape index (κ2) is 7.83. The predicted octanol–water partition coefficient (Wildman–Crippen LogP) is 2.83. The maximum Gasteiger partial charge on any atom is 0.228 e. The van der Waals surface area contributed by atoms with Crippen LogP contribution in [0.4, 0.5) is 0 Å². The first kappa shape index (κ1) is 17.7. The van der Waals surface area contributed by atoms with Gasteiger partial charge < -0.3 is 9.42 Å². The Morgan fingerprint density at radius 2 is 1.88 bits per heavy atom. The molecular weight excluding hydrogens is 314 g/mol. The van der Waals surface area contributed by atoms with Crippen LogP contribution in [-0.2, 0) is 17.8 Å². The summed E-state index contributed by atoms with van der Waals surface area (Å²) in [6, 6.07) is 12.6. The van der Waals surface area contributed by atoms with Gasteiger partial charge in [0, 0.05) is 38.8 Å². The van der Waals surface area contributed by atoms with Crippen molar-refractivity contribution in [2.45, 2.75) is 32.9 Å². The number of carbonyl (C=O) groups is 1. The number of hydrogen-bond acceptors (Lipinski definition) is 4. The third-order valence-electron chi connectivity index (χ3n) is 5.17. The quantitative estimate of drug-likeness (QED) is 0.839. The van der Waals surface area contributed by atoms with E-state index < -0.39 is 0 Å². The van der Waals surface area contributed by atoms with Crippen molar-refractivity contribution in [3.05, 3.63) is 53.9 Å². The Labute approximate surface area is 149 Å². The van der Waals surface area contributed by atoms with Gasteiger partial charge in [-0.05, 0) is 17.4 Å². The van der Waals surface area contributed by atoms with Crippen molar-refractivity contribution < 1.29 is 9.32 Å². The number of likely N-dealkylation sites (tertiary alicyclic amines) is 1. The van der Waals surface area contributed by atoms with Crippen LogP contribution >= 0.6 is 0 Å². The summed E-state index contributed by atoms with van der Waals surface area (Å²) in [5.74, 6) is 0.964. The van der Waals surface area contributed by atoms with Crippen LogP contribution in [0.3, 0.4) is 0 Å². The third-order valence-corrected chi connectivity index (χ3v) is 5.17. The van der Waals surface area contributed by atoms with E-state index in [1.54, 1.807) is 6.07 Å². The van der Waals surface area contributed by atoms with Gasteiger partial charge in [0.05, 0.1) is 12.1 Å². The standard InChI is InChI=1S/C20H27N3O2/c1-15-12-23(14-17-7-5-4-6-8-17)13-16(2)20(15)22(3)19(24)11-18-9-10-25-21-18/h4-10,15-16,20H,11-14H2,1-3H3/t15-,16+,20?. The predicted molar refractivity (Wildman–Crippen MR) is 96.8 cm³/mol. The van der Waals surface area contributed by atoms with Gasteiger partial charge in [0.15, 0.2) is 0 Å². The second-order valence-corrected chi connectivity index (χ2v) is 7.30. The molecule has 0 saturated carbocycles. The molecule has 0 N–H and O–H groups in total. The van der Waals surface area contributed by atoms with E-state index in [0.717, 1.165) is 19.6 Å². The Morgan fingerprint density at radius 3 is 2.48 bits per heavy atom. The van der Waals surface area contributed by atoms with Crippen LogP contribution in [0.5, 0.6) is 0 Å². The molecule has 5 heteroatoms. The number of nitrogens with zero attached hydrogens (tertiary/aromatic N) is 3. The maximum atomic E-state index is 12.6. The van der Waals surface area contributed by atoms with E-state index in [9.17, 15) is 4.79 Å². The summed E-state index contributed by atoms with van der Waals surface area (Å²) in [5, 5.41) is 3.85.